The molecule has 0 fully saturated rings. The SMILES string of the molecule is O=C(CCC(C(=O)O)c1ccccc1)N[C@@H](CS)Cc1ccccc1. The molecule has 2 aromatic carbocycles. The summed E-state index contributed by atoms with van der Waals surface area (Å²) in [6.07, 6.45) is 1.15. The molecule has 132 valence electrons. The van der Waals surface area contributed by atoms with Crippen molar-refractivity contribution in [3.05, 3.63) is 71.8 Å². The van der Waals surface area contributed by atoms with Gasteiger partial charge >= 0.3 is 5.97 Å². The summed E-state index contributed by atoms with van der Waals surface area (Å²) in [6, 6.07) is 18.8. The van der Waals surface area contributed by atoms with Crippen LogP contribution in [0.3, 0.4) is 0 Å². The summed E-state index contributed by atoms with van der Waals surface area (Å²) in [6.45, 7) is 0. The second kappa shape index (κ2) is 9.89. The minimum Gasteiger partial charge on any atom is -0.481 e. The zero-order valence-electron chi connectivity index (χ0n) is 14.0. The van der Waals surface area contributed by atoms with Gasteiger partial charge in [0.1, 0.15) is 0 Å². The predicted molar refractivity (Wildman–Crippen MR) is 102 cm³/mol. The summed E-state index contributed by atoms with van der Waals surface area (Å²) in [7, 11) is 0. The second-order valence-corrected chi connectivity index (χ2v) is 6.34. The number of carboxylic acid groups (broad SMARTS) is 1. The van der Waals surface area contributed by atoms with Crippen molar-refractivity contribution in [3.63, 3.8) is 0 Å². The molecule has 4 nitrogen and oxygen atoms in total. The van der Waals surface area contributed by atoms with Gasteiger partial charge in [-0.2, -0.15) is 12.6 Å². The number of carbonyl (C=O) groups excluding carboxylic acids is 1. The number of carbonyl (C=O) groups is 2. The molecule has 0 spiro atoms. The third-order valence-electron chi connectivity index (χ3n) is 4.07. The Balaban J connectivity index is 1.88. The third-order valence-corrected chi connectivity index (χ3v) is 4.51. The van der Waals surface area contributed by atoms with Crippen LogP contribution in [0.2, 0.25) is 0 Å². The number of hydrogen-bond donors (Lipinski definition) is 3. The Hall–Kier alpha value is -2.27. The monoisotopic (exact) mass is 357 g/mol. The highest BCUT2D eigenvalue weighted by atomic mass is 32.1. The van der Waals surface area contributed by atoms with Crippen LogP contribution in [0.1, 0.15) is 29.9 Å². The number of hydrogen-bond acceptors (Lipinski definition) is 3. The number of benzene rings is 2. The summed E-state index contributed by atoms with van der Waals surface area (Å²) in [5, 5.41) is 12.4. The van der Waals surface area contributed by atoms with E-state index in [0.717, 1.165) is 11.1 Å². The van der Waals surface area contributed by atoms with E-state index in [-0.39, 0.29) is 24.8 Å². The molecule has 0 radical (unpaired) electrons. The number of nitrogens with one attached hydrogen (secondary N) is 1. The van der Waals surface area contributed by atoms with Gasteiger partial charge < -0.3 is 10.4 Å². The maximum absolute atomic E-state index is 12.2. The minimum atomic E-state index is -0.908. The fourth-order valence-corrected chi connectivity index (χ4v) is 2.97. The number of thiol groups is 1. The van der Waals surface area contributed by atoms with Crippen molar-refractivity contribution in [2.75, 3.05) is 5.75 Å². The van der Waals surface area contributed by atoms with E-state index in [1.807, 2.05) is 48.5 Å². The molecular weight excluding hydrogens is 334 g/mol. The molecule has 1 amide bonds. The van der Waals surface area contributed by atoms with Crippen molar-refractivity contribution in [3.8, 4) is 0 Å². The van der Waals surface area contributed by atoms with Gasteiger partial charge in [-0.05, 0) is 24.0 Å². The Kier molecular flexibility index (Phi) is 7.54. The molecule has 1 unspecified atom stereocenters. The van der Waals surface area contributed by atoms with Crippen LogP contribution in [-0.4, -0.2) is 28.8 Å². The van der Waals surface area contributed by atoms with E-state index in [2.05, 4.69) is 17.9 Å². The van der Waals surface area contributed by atoms with Crippen molar-refractivity contribution in [2.24, 2.45) is 0 Å². The molecule has 2 N–H and O–H groups in total. The van der Waals surface area contributed by atoms with Crippen LogP contribution in [0.4, 0.5) is 0 Å². The van der Waals surface area contributed by atoms with Gasteiger partial charge in [-0.1, -0.05) is 60.7 Å². The van der Waals surface area contributed by atoms with E-state index in [1.165, 1.54) is 0 Å². The molecular formula is C20H23NO3S. The summed E-state index contributed by atoms with van der Waals surface area (Å²) < 4.78 is 0. The molecule has 5 heteroatoms. The van der Waals surface area contributed by atoms with Gasteiger partial charge in [-0.25, -0.2) is 0 Å². The van der Waals surface area contributed by atoms with E-state index >= 15 is 0 Å². The van der Waals surface area contributed by atoms with Crippen LogP contribution >= 0.6 is 12.6 Å². The first-order valence-corrected chi connectivity index (χ1v) is 8.95. The highest BCUT2D eigenvalue weighted by molar-refractivity contribution is 7.80. The first kappa shape index (κ1) is 19.1. The van der Waals surface area contributed by atoms with Gasteiger partial charge in [0.15, 0.2) is 0 Å². The highest BCUT2D eigenvalue weighted by Crippen LogP contribution is 2.21. The molecule has 2 atom stereocenters. The van der Waals surface area contributed by atoms with E-state index < -0.39 is 11.9 Å². The lowest BCUT2D eigenvalue weighted by Crippen LogP contribution is -2.38. The third kappa shape index (κ3) is 6.27. The number of aliphatic carboxylic acids is 1. The van der Waals surface area contributed by atoms with Gasteiger partial charge in [-0.3, -0.25) is 9.59 Å². The highest BCUT2D eigenvalue weighted by Gasteiger charge is 2.21. The number of rotatable bonds is 9. The van der Waals surface area contributed by atoms with Crippen molar-refractivity contribution >= 4 is 24.5 Å². The second-order valence-electron chi connectivity index (χ2n) is 5.98. The average molecular weight is 357 g/mol. The molecule has 2 aromatic rings. The Morgan fingerprint density at radius 3 is 2.16 bits per heavy atom. The van der Waals surface area contributed by atoms with Crippen LogP contribution in [0.25, 0.3) is 0 Å². The molecule has 0 bridgehead atoms. The van der Waals surface area contributed by atoms with E-state index in [4.69, 9.17) is 0 Å². The maximum Gasteiger partial charge on any atom is 0.310 e. The molecule has 0 aliphatic rings. The van der Waals surface area contributed by atoms with Crippen LogP contribution in [0.5, 0.6) is 0 Å². The van der Waals surface area contributed by atoms with Gasteiger partial charge in [0.25, 0.3) is 0 Å². The van der Waals surface area contributed by atoms with Gasteiger partial charge in [-0.15, -0.1) is 0 Å². The molecule has 0 aliphatic heterocycles. The van der Waals surface area contributed by atoms with Crippen LogP contribution < -0.4 is 5.32 Å². The van der Waals surface area contributed by atoms with Crippen LogP contribution in [0, 0.1) is 0 Å². The molecule has 0 saturated heterocycles. The zero-order valence-corrected chi connectivity index (χ0v) is 14.9. The first-order valence-electron chi connectivity index (χ1n) is 8.32. The fourth-order valence-electron chi connectivity index (χ4n) is 2.75. The molecule has 0 aromatic heterocycles. The molecule has 0 saturated carbocycles. The minimum absolute atomic E-state index is 0.0711. The van der Waals surface area contributed by atoms with E-state index in [1.54, 1.807) is 12.1 Å². The summed E-state index contributed by atoms with van der Waals surface area (Å²) in [5.74, 6) is -1.19. The van der Waals surface area contributed by atoms with Gasteiger partial charge in [0.2, 0.25) is 5.91 Å². The lowest BCUT2D eigenvalue weighted by atomic mass is 9.94. The predicted octanol–water partition coefficient (Wildman–Crippen LogP) is 3.29. The van der Waals surface area contributed by atoms with Gasteiger partial charge in [0.05, 0.1) is 5.92 Å². The molecule has 0 aliphatic carbocycles. The zero-order chi connectivity index (χ0) is 18.1. The Labute approximate surface area is 153 Å². The van der Waals surface area contributed by atoms with Crippen molar-refractivity contribution in [2.45, 2.75) is 31.2 Å². The normalized spacial score (nSPS) is 13.0. The molecule has 0 heterocycles. The van der Waals surface area contributed by atoms with Gasteiger partial charge in [0, 0.05) is 18.2 Å². The Morgan fingerprint density at radius 2 is 1.60 bits per heavy atom. The van der Waals surface area contributed by atoms with E-state index in [9.17, 15) is 14.7 Å². The summed E-state index contributed by atoms with van der Waals surface area (Å²) >= 11 is 4.31. The van der Waals surface area contributed by atoms with Crippen molar-refractivity contribution in [1.82, 2.24) is 5.32 Å². The van der Waals surface area contributed by atoms with Crippen LogP contribution in [0.15, 0.2) is 60.7 Å². The molecule has 25 heavy (non-hydrogen) atoms. The van der Waals surface area contributed by atoms with Crippen LogP contribution in [-0.2, 0) is 16.0 Å². The lowest BCUT2D eigenvalue weighted by Gasteiger charge is -2.18. The fraction of sp³-hybridized carbons (Fsp3) is 0.300. The quantitative estimate of drug-likeness (QED) is 0.603. The standard InChI is InChI=1S/C20H23NO3S/c22-19(21-17(14-25)13-15-7-3-1-4-8-15)12-11-18(20(23)24)16-9-5-2-6-10-16/h1-10,17-18,25H,11-14H2,(H,21,22)(H,23,24)/t17-,18?/m1/s1. The average Bonchev–Trinajstić information content (AvgIpc) is 2.63. The number of carboxylic acids is 1. The lowest BCUT2D eigenvalue weighted by molar-refractivity contribution is -0.139. The molecule has 2 rings (SSSR count). The number of amides is 1. The summed E-state index contributed by atoms with van der Waals surface area (Å²) in [4.78, 5) is 23.7. The van der Waals surface area contributed by atoms with Crippen molar-refractivity contribution in [1.29, 1.82) is 0 Å². The van der Waals surface area contributed by atoms with E-state index in [0.29, 0.717) is 12.2 Å². The maximum atomic E-state index is 12.2. The topological polar surface area (TPSA) is 66.4 Å². The summed E-state index contributed by atoms with van der Waals surface area (Å²) in [5.41, 5.74) is 1.85. The Morgan fingerprint density at radius 1 is 1.00 bits per heavy atom. The first-order chi connectivity index (χ1) is 12.1. The Bertz CT molecular complexity index is 676. The largest absolute Gasteiger partial charge is 0.481 e. The smallest absolute Gasteiger partial charge is 0.310 e. The van der Waals surface area contributed by atoms with Crippen molar-refractivity contribution < 1.29 is 14.7 Å².